The van der Waals surface area contributed by atoms with Crippen molar-refractivity contribution in [2.45, 2.75) is 64.2 Å². The molecule has 0 N–H and O–H groups in total. The van der Waals surface area contributed by atoms with Crippen molar-refractivity contribution in [2.24, 2.45) is 5.92 Å². The predicted molar refractivity (Wildman–Crippen MR) is 127 cm³/mol. The number of benzene rings is 2. The summed E-state index contributed by atoms with van der Waals surface area (Å²) < 4.78 is 10.7. The van der Waals surface area contributed by atoms with Crippen molar-refractivity contribution in [3.8, 4) is 5.75 Å². The molecule has 0 aliphatic heterocycles. The standard InChI is InChI=1S/C28H34O4/c1-3-8-24-10-5-6-11-26(24)32-28(30)25-18-16-23(17-19-25)22-14-12-21(13-15-22)9-7-20-31-27(29)4-2/h4-6,10-11,16-19,21-22H,2-3,7-9,12-15,20H2,1H3. The van der Waals surface area contributed by atoms with Crippen molar-refractivity contribution < 1.29 is 19.1 Å². The molecule has 0 atom stereocenters. The minimum Gasteiger partial charge on any atom is -0.463 e. The Labute approximate surface area is 191 Å². The molecule has 3 rings (SSSR count). The molecule has 170 valence electrons. The summed E-state index contributed by atoms with van der Waals surface area (Å²) in [4.78, 5) is 23.7. The molecule has 2 aromatic rings. The summed E-state index contributed by atoms with van der Waals surface area (Å²) in [7, 11) is 0. The third-order valence-corrected chi connectivity index (χ3v) is 6.33. The molecule has 0 unspecified atom stereocenters. The number of hydrogen-bond acceptors (Lipinski definition) is 4. The minimum absolute atomic E-state index is 0.305. The molecule has 0 saturated heterocycles. The Morgan fingerprint density at radius 2 is 1.75 bits per heavy atom. The van der Waals surface area contributed by atoms with Gasteiger partial charge in [0.1, 0.15) is 5.75 Å². The van der Waals surface area contributed by atoms with Crippen molar-refractivity contribution in [2.75, 3.05) is 6.61 Å². The molecular formula is C28H34O4. The predicted octanol–water partition coefficient (Wildman–Crippen LogP) is 6.64. The van der Waals surface area contributed by atoms with Crippen molar-refractivity contribution in [3.05, 3.63) is 77.9 Å². The number of rotatable bonds is 10. The fourth-order valence-electron chi connectivity index (χ4n) is 4.52. The van der Waals surface area contributed by atoms with Gasteiger partial charge in [0.25, 0.3) is 0 Å². The molecule has 1 fully saturated rings. The number of esters is 2. The Balaban J connectivity index is 1.47. The number of ether oxygens (including phenoxy) is 2. The van der Waals surface area contributed by atoms with Gasteiger partial charge in [0.2, 0.25) is 0 Å². The SMILES string of the molecule is C=CC(=O)OCCCC1CCC(c2ccc(C(=O)Oc3ccccc3CCC)cc2)CC1. The van der Waals surface area contributed by atoms with Gasteiger partial charge in [-0.25, -0.2) is 9.59 Å². The van der Waals surface area contributed by atoms with Gasteiger partial charge in [-0.3, -0.25) is 0 Å². The smallest absolute Gasteiger partial charge is 0.343 e. The molecule has 0 bridgehead atoms. The van der Waals surface area contributed by atoms with E-state index in [0.29, 0.717) is 29.8 Å². The minimum atomic E-state index is -0.341. The second kappa shape index (κ2) is 12.2. The zero-order chi connectivity index (χ0) is 22.8. The first-order valence-corrected chi connectivity index (χ1v) is 11.8. The molecule has 1 aliphatic rings. The van der Waals surface area contributed by atoms with E-state index in [0.717, 1.165) is 44.1 Å². The molecule has 0 amide bonds. The Bertz CT molecular complexity index is 892. The van der Waals surface area contributed by atoms with Gasteiger partial charge in [0, 0.05) is 6.08 Å². The van der Waals surface area contributed by atoms with Crippen molar-refractivity contribution >= 4 is 11.9 Å². The molecule has 0 spiro atoms. The Morgan fingerprint density at radius 3 is 2.44 bits per heavy atom. The third kappa shape index (κ3) is 6.81. The van der Waals surface area contributed by atoms with E-state index in [9.17, 15) is 9.59 Å². The summed E-state index contributed by atoms with van der Waals surface area (Å²) in [5.74, 6) is 1.25. The highest BCUT2D eigenvalue weighted by Crippen LogP contribution is 2.37. The number of aryl methyl sites for hydroxylation is 1. The molecule has 1 aliphatic carbocycles. The largest absolute Gasteiger partial charge is 0.463 e. The number of carbonyl (C=O) groups is 2. The first kappa shape index (κ1) is 23.8. The number of carbonyl (C=O) groups excluding carboxylic acids is 2. The molecule has 1 saturated carbocycles. The lowest BCUT2D eigenvalue weighted by atomic mass is 9.77. The fraction of sp³-hybridized carbons (Fsp3) is 0.429. The van der Waals surface area contributed by atoms with Gasteiger partial charge >= 0.3 is 11.9 Å². The lowest BCUT2D eigenvalue weighted by Crippen LogP contribution is -2.15. The van der Waals surface area contributed by atoms with Crippen LogP contribution in [0.3, 0.4) is 0 Å². The van der Waals surface area contributed by atoms with Crippen LogP contribution < -0.4 is 4.74 Å². The number of hydrogen-bond donors (Lipinski definition) is 0. The number of para-hydroxylation sites is 1. The highest BCUT2D eigenvalue weighted by Gasteiger charge is 2.22. The van der Waals surface area contributed by atoms with Gasteiger partial charge in [-0.15, -0.1) is 0 Å². The van der Waals surface area contributed by atoms with Crippen LogP contribution in [0.25, 0.3) is 0 Å². The van der Waals surface area contributed by atoms with E-state index in [-0.39, 0.29) is 11.9 Å². The molecule has 2 aromatic carbocycles. The van der Waals surface area contributed by atoms with Crippen LogP contribution in [0.4, 0.5) is 0 Å². The van der Waals surface area contributed by atoms with Gasteiger partial charge < -0.3 is 9.47 Å². The average molecular weight is 435 g/mol. The van der Waals surface area contributed by atoms with E-state index in [2.05, 4.69) is 25.6 Å². The van der Waals surface area contributed by atoms with Gasteiger partial charge in [-0.1, -0.05) is 50.3 Å². The fourth-order valence-corrected chi connectivity index (χ4v) is 4.52. The van der Waals surface area contributed by atoms with Gasteiger partial charge in [0.15, 0.2) is 0 Å². The second-order valence-electron chi connectivity index (χ2n) is 8.60. The second-order valence-corrected chi connectivity index (χ2v) is 8.60. The van der Waals surface area contributed by atoms with E-state index in [1.54, 1.807) is 0 Å². The highest BCUT2D eigenvalue weighted by atomic mass is 16.5. The molecule has 0 heterocycles. The summed E-state index contributed by atoms with van der Waals surface area (Å²) in [6, 6.07) is 15.7. The first-order chi connectivity index (χ1) is 15.6. The molecule has 4 heteroatoms. The first-order valence-electron chi connectivity index (χ1n) is 11.8. The van der Waals surface area contributed by atoms with Crippen LogP contribution in [0.5, 0.6) is 5.75 Å². The topological polar surface area (TPSA) is 52.6 Å². The van der Waals surface area contributed by atoms with E-state index < -0.39 is 0 Å². The van der Waals surface area contributed by atoms with Crippen LogP contribution in [0.15, 0.2) is 61.2 Å². The maximum Gasteiger partial charge on any atom is 0.343 e. The van der Waals surface area contributed by atoms with E-state index >= 15 is 0 Å². The highest BCUT2D eigenvalue weighted by molar-refractivity contribution is 5.91. The maximum absolute atomic E-state index is 12.6. The summed E-state index contributed by atoms with van der Waals surface area (Å²) in [6.45, 7) is 6.00. The van der Waals surface area contributed by atoms with Crippen LogP contribution in [0.1, 0.15) is 79.3 Å². The maximum atomic E-state index is 12.6. The average Bonchev–Trinajstić information content (AvgIpc) is 2.83. The van der Waals surface area contributed by atoms with E-state index in [1.165, 1.54) is 24.5 Å². The zero-order valence-electron chi connectivity index (χ0n) is 19.1. The molecule has 0 aromatic heterocycles. The quantitative estimate of drug-likeness (QED) is 0.182. The van der Waals surface area contributed by atoms with Crippen LogP contribution in [-0.2, 0) is 16.0 Å². The third-order valence-electron chi connectivity index (χ3n) is 6.33. The van der Waals surface area contributed by atoms with E-state index in [4.69, 9.17) is 9.47 Å². The summed E-state index contributed by atoms with van der Waals surface area (Å²) in [5, 5.41) is 0. The summed E-state index contributed by atoms with van der Waals surface area (Å²) in [5.41, 5.74) is 2.95. The van der Waals surface area contributed by atoms with E-state index in [1.807, 2.05) is 36.4 Å². The Hall–Kier alpha value is -2.88. The molecule has 4 nitrogen and oxygen atoms in total. The van der Waals surface area contributed by atoms with Crippen molar-refractivity contribution in [3.63, 3.8) is 0 Å². The van der Waals surface area contributed by atoms with Crippen LogP contribution in [0, 0.1) is 5.92 Å². The molecule has 32 heavy (non-hydrogen) atoms. The summed E-state index contributed by atoms with van der Waals surface area (Å²) in [6.07, 6.45) is 9.82. The van der Waals surface area contributed by atoms with Gasteiger partial charge in [-0.05, 0) is 86.1 Å². The summed E-state index contributed by atoms with van der Waals surface area (Å²) >= 11 is 0. The normalized spacial score (nSPS) is 18.0. The van der Waals surface area contributed by atoms with Crippen LogP contribution >= 0.6 is 0 Å². The van der Waals surface area contributed by atoms with Crippen molar-refractivity contribution in [1.29, 1.82) is 0 Å². The van der Waals surface area contributed by atoms with Crippen LogP contribution in [0.2, 0.25) is 0 Å². The Kier molecular flexibility index (Phi) is 9.09. The lowest BCUT2D eigenvalue weighted by molar-refractivity contribution is -0.137. The lowest BCUT2D eigenvalue weighted by Gasteiger charge is -2.29. The van der Waals surface area contributed by atoms with Gasteiger partial charge in [0.05, 0.1) is 12.2 Å². The molecule has 0 radical (unpaired) electrons. The molecular weight excluding hydrogens is 400 g/mol. The van der Waals surface area contributed by atoms with Gasteiger partial charge in [-0.2, -0.15) is 0 Å². The Morgan fingerprint density at radius 1 is 1.03 bits per heavy atom. The van der Waals surface area contributed by atoms with Crippen molar-refractivity contribution in [1.82, 2.24) is 0 Å². The zero-order valence-corrected chi connectivity index (χ0v) is 19.1. The monoisotopic (exact) mass is 434 g/mol. The van der Waals surface area contributed by atoms with Crippen LogP contribution in [-0.4, -0.2) is 18.5 Å².